The molecule has 0 saturated heterocycles. The zero-order valence-corrected chi connectivity index (χ0v) is 14.4. The Bertz CT molecular complexity index is 376. The van der Waals surface area contributed by atoms with Crippen LogP contribution in [0.25, 0.3) is 0 Å². The van der Waals surface area contributed by atoms with E-state index in [1.54, 1.807) is 14.4 Å². The van der Waals surface area contributed by atoms with Gasteiger partial charge < -0.3 is 24.8 Å². The Morgan fingerprint density at radius 2 is 1.71 bits per heavy atom. The summed E-state index contributed by atoms with van der Waals surface area (Å²) in [6, 6.07) is 0. The van der Waals surface area contributed by atoms with Gasteiger partial charge in [-0.05, 0) is 0 Å². The summed E-state index contributed by atoms with van der Waals surface area (Å²) in [6.45, 7) is 4.56. The summed E-state index contributed by atoms with van der Waals surface area (Å²) in [7, 11) is 0. The molecule has 17 heavy (non-hydrogen) atoms. The molecular weight excluding hydrogens is 330 g/mol. The first-order valence-corrected chi connectivity index (χ1v) is 8.29. The molecule has 0 radical (unpaired) electrons. The summed E-state index contributed by atoms with van der Waals surface area (Å²) in [5.74, 6) is 0. The van der Waals surface area contributed by atoms with Crippen LogP contribution in [0.1, 0.15) is 39.5 Å². The second-order valence-corrected chi connectivity index (χ2v) is 7.83. The predicted octanol–water partition coefficient (Wildman–Crippen LogP) is -1.68. The van der Waals surface area contributed by atoms with Crippen molar-refractivity contribution in [2.24, 2.45) is 0 Å². The van der Waals surface area contributed by atoms with Crippen molar-refractivity contribution in [1.82, 2.24) is 0 Å². The fourth-order valence-electron chi connectivity index (χ4n) is 2.13. The van der Waals surface area contributed by atoms with E-state index in [2.05, 4.69) is 38.2 Å². The monoisotopic (exact) mass is 346 g/mol. The molecule has 0 N–H and O–H groups in total. The van der Waals surface area contributed by atoms with Gasteiger partial charge in [0.1, 0.15) is 0 Å². The molecule has 0 spiro atoms. The molecule has 3 heteroatoms. The Morgan fingerprint density at radius 3 is 2.29 bits per heavy atom. The third-order valence-corrected chi connectivity index (χ3v) is 7.26. The predicted molar refractivity (Wildman–Crippen MR) is 62.1 cm³/mol. The maximum absolute atomic E-state index is 2.37. The maximum atomic E-state index is 2.37. The first-order valence-electron chi connectivity index (χ1n) is 5.83. The Morgan fingerprint density at radius 1 is 1.06 bits per heavy atom. The molecular formula is C14H18Cl2Zr. The van der Waals surface area contributed by atoms with Gasteiger partial charge in [-0.1, -0.05) is 0 Å². The number of hydrogen-bond donors (Lipinski definition) is 0. The molecule has 0 aliphatic heterocycles. The molecule has 0 saturated carbocycles. The Hall–Kier alpha value is 0.423. The van der Waals surface area contributed by atoms with Gasteiger partial charge >= 0.3 is 105 Å². The zero-order chi connectivity index (χ0) is 10.7. The second kappa shape index (κ2) is 8.51. The van der Waals surface area contributed by atoms with Crippen molar-refractivity contribution in [1.29, 1.82) is 0 Å². The van der Waals surface area contributed by atoms with Gasteiger partial charge in [0.15, 0.2) is 0 Å². The van der Waals surface area contributed by atoms with Crippen LogP contribution < -0.4 is 24.8 Å². The molecule has 2 aliphatic carbocycles. The molecule has 0 aromatic heterocycles. The number of hydrogen-bond acceptors (Lipinski definition) is 0. The third kappa shape index (κ3) is 4.54. The molecule has 2 rings (SSSR count). The van der Waals surface area contributed by atoms with Crippen LogP contribution in [-0.4, -0.2) is 0 Å². The minimum Gasteiger partial charge on any atom is -1.00 e. The quantitative estimate of drug-likeness (QED) is 0.570. The Labute approximate surface area is 129 Å². The molecule has 0 bridgehead atoms. The summed E-state index contributed by atoms with van der Waals surface area (Å²) >= 11 is -0.414. The summed E-state index contributed by atoms with van der Waals surface area (Å²) in [4.78, 5) is 0. The summed E-state index contributed by atoms with van der Waals surface area (Å²) < 4.78 is 3.63. The second-order valence-electron chi connectivity index (χ2n) is 4.25. The van der Waals surface area contributed by atoms with E-state index in [0.717, 1.165) is 0 Å². The van der Waals surface area contributed by atoms with Crippen LogP contribution in [-0.2, 0) is 23.2 Å². The fraction of sp³-hybridized carbons (Fsp3) is 0.429. The molecule has 0 unspecified atom stereocenters. The van der Waals surface area contributed by atoms with Crippen molar-refractivity contribution in [2.45, 2.75) is 39.5 Å². The van der Waals surface area contributed by atoms with Gasteiger partial charge in [-0.15, -0.1) is 0 Å². The van der Waals surface area contributed by atoms with Crippen LogP contribution in [0.2, 0.25) is 0 Å². The van der Waals surface area contributed by atoms with Gasteiger partial charge in [-0.25, -0.2) is 0 Å². The molecule has 0 aromatic carbocycles. The standard InChI is InChI=1S/C8H11.C6H7.2ClH.Zr/c1-2-5-8-6-3-4-7-8;1-6-4-2-3-5-6;;;/h3,6H,2,4-5H2,1H3;2,4H,3H2,1H3;2*1H;/q;;;;+2/p-2. The molecule has 0 nitrogen and oxygen atoms in total. The molecule has 0 amide bonds. The van der Waals surface area contributed by atoms with E-state index in [0.29, 0.717) is 0 Å². The minimum absolute atomic E-state index is 0. The smallest absolute Gasteiger partial charge is 1.00 e. The van der Waals surface area contributed by atoms with E-state index in [1.165, 1.54) is 25.7 Å². The fourth-order valence-corrected chi connectivity index (χ4v) is 5.71. The molecule has 2 aliphatic rings. The molecule has 0 fully saturated rings. The normalized spacial score (nSPS) is 17.1. The summed E-state index contributed by atoms with van der Waals surface area (Å²) in [5, 5.41) is 0. The average molecular weight is 348 g/mol. The van der Waals surface area contributed by atoms with E-state index in [-0.39, 0.29) is 24.8 Å². The van der Waals surface area contributed by atoms with E-state index in [1.807, 2.05) is 3.28 Å². The van der Waals surface area contributed by atoms with Crippen LogP contribution in [0.3, 0.4) is 0 Å². The van der Waals surface area contributed by atoms with E-state index in [4.69, 9.17) is 0 Å². The van der Waals surface area contributed by atoms with Gasteiger partial charge in [-0.2, -0.15) is 0 Å². The van der Waals surface area contributed by atoms with Gasteiger partial charge in [0, 0.05) is 0 Å². The van der Waals surface area contributed by atoms with Crippen molar-refractivity contribution < 1.29 is 48.0 Å². The van der Waals surface area contributed by atoms with Crippen molar-refractivity contribution in [3.05, 3.63) is 42.0 Å². The van der Waals surface area contributed by atoms with Crippen LogP contribution in [0, 0.1) is 0 Å². The van der Waals surface area contributed by atoms with Crippen molar-refractivity contribution in [3.63, 3.8) is 0 Å². The SMILES string of the molecule is CCCC1=[C]([Zr+2][C]2=C(C)C=CC2)CC=C1.[Cl-].[Cl-]. The summed E-state index contributed by atoms with van der Waals surface area (Å²) in [6.07, 6.45) is 14.5. The van der Waals surface area contributed by atoms with E-state index < -0.39 is 23.2 Å². The van der Waals surface area contributed by atoms with Crippen LogP contribution in [0.15, 0.2) is 42.0 Å². The van der Waals surface area contributed by atoms with Crippen molar-refractivity contribution in [3.8, 4) is 0 Å². The topological polar surface area (TPSA) is 0 Å². The van der Waals surface area contributed by atoms with E-state index >= 15 is 0 Å². The van der Waals surface area contributed by atoms with Crippen LogP contribution >= 0.6 is 0 Å². The minimum atomic E-state index is -0.414. The van der Waals surface area contributed by atoms with Gasteiger partial charge in [0.2, 0.25) is 0 Å². The first kappa shape index (κ1) is 17.4. The van der Waals surface area contributed by atoms with Crippen LogP contribution in [0.5, 0.6) is 0 Å². The van der Waals surface area contributed by atoms with Gasteiger partial charge in [0.25, 0.3) is 0 Å². The van der Waals surface area contributed by atoms with Crippen LogP contribution in [0.4, 0.5) is 0 Å². The molecule has 0 atom stereocenters. The Kier molecular flexibility index (Phi) is 8.72. The molecule has 0 heterocycles. The third-order valence-electron chi connectivity index (χ3n) is 3.02. The van der Waals surface area contributed by atoms with Gasteiger partial charge in [0.05, 0.1) is 0 Å². The largest absolute Gasteiger partial charge is 1.00 e. The first-order chi connectivity index (χ1) is 7.31. The number of allylic oxidation sites excluding steroid dienone is 8. The molecule has 92 valence electrons. The van der Waals surface area contributed by atoms with Gasteiger partial charge in [-0.3, -0.25) is 0 Å². The van der Waals surface area contributed by atoms with Crippen molar-refractivity contribution >= 4 is 0 Å². The zero-order valence-electron chi connectivity index (χ0n) is 10.4. The average Bonchev–Trinajstić information content (AvgIpc) is 2.80. The number of halogens is 2. The Balaban J connectivity index is 0.00000128. The maximum Gasteiger partial charge on any atom is -1.00 e. The molecule has 0 aromatic rings. The summed E-state index contributed by atoms with van der Waals surface area (Å²) in [5.41, 5.74) is 3.24. The van der Waals surface area contributed by atoms with Crippen molar-refractivity contribution in [2.75, 3.05) is 0 Å². The van der Waals surface area contributed by atoms with E-state index in [9.17, 15) is 0 Å². The number of rotatable bonds is 4.